The van der Waals surface area contributed by atoms with E-state index < -0.39 is 0 Å². The summed E-state index contributed by atoms with van der Waals surface area (Å²) in [7, 11) is 0. The summed E-state index contributed by atoms with van der Waals surface area (Å²) in [5, 5.41) is 3.60. The molecule has 0 atom stereocenters. The molecule has 1 aromatic rings. The summed E-state index contributed by atoms with van der Waals surface area (Å²) in [6.07, 6.45) is 8.05. The number of rotatable bonds is 5. The van der Waals surface area contributed by atoms with Crippen molar-refractivity contribution < 1.29 is 4.39 Å². The van der Waals surface area contributed by atoms with Gasteiger partial charge in [-0.2, -0.15) is 0 Å². The minimum Gasteiger partial charge on any atom is -0.310 e. The van der Waals surface area contributed by atoms with Crippen molar-refractivity contribution in [3.8, 4) is 0 Å². The molecule has 1 aromatic carbocycles. The molecule has 0 bridgehead atoms. The van der Waals surface area contributed by atoms with Gasteiger partial charge in [0.1, 0.15) is 5.82 Å². The summed E-state index contributed by atoms with van der Waals surface area (Å²) in [5.74, 6) is 0.803. The van der Waals surface area contributed by atoms with Gasteiger partial charge in [0.2, 0.25) is 0 Å². The van der Waals surface area contributed by atoms with Gasteiger partial charge in [-0.1, -0.05) is 31.9 Å². The maximum Gasteiger partial charge on any atom is 0.123 e. The lowest BCUT2D eigenvalue weighted by molar-refractivity contribution is 0.277. The Morgan fingerprint density at radius 1 is 1.11 bits per heavy atom. The highest BCUT2D eigenvalue weighted by Gasteiger charge is 2.19. The van der Waals surface area contributed by atoms with Gasteiger partial charge in [0.25, 0.3) is 0 Å². The molecule has 1 fully saturated rings. The molecule has 18 heavy (non-hydrogen) atoms. The first-order valence-electron chi connectivity index (χ1n) is 7.25. The van der Waals surface area contributed by atoms with Crippen molar-refractivity contribution in [3.63, 3.8) is 0 Å². The second-order valence-corrected chi connectivity index (χ2v) is 5.51. The van der Waals surface area contributed by atoms with Crippen LogP contribution in [0.1, 0.15) is 51.0 Å². The third kappa shape index (κ3) is 4.09. The SMILES string of the molecule is CCCC1CCC(NCc2ccc(F)cc2)CC1. The zero-order valence-corrected chi connectivity index (χ0v) is 11.3. The second-order valence-electron chi connectivity index (χ2n) is 5.51. The molecule has 0 unspecified atom stereocenters. The van der Waals surface area contributed by atoms with Crippen molar-refractivity contribution in [2.24, 2.45) is 5.92 Å². The molecule has 1 aliphatic rings. The molecule has 100 valence electrons. The van der Waals surface area contributed by atoms with E-state index >= 15 is 0 Å². The van der Waals surface area contributed by atoms with Crippen LogP contribution in [0.15, 0.2) is 24.3 Å². The number of hydrogen-bond donors (Lipinski definition) is 1. The monoisotopic (exact) mass is 249 g/mol. The van der Waals surface area contributed by atoms with Crippen LogP contribution in [0, 0.1) is 11.7 Å². The van der Waals surface area contributed by atoms with Crippen LogP contribution in [0.3, 0.4) is 0 Å². The fourth-order valence-electron chi connectivity index (χ4n) is 2.93. The van der Waals surface area contributed by atoms with Gasteiger partial charge in [-0.25, -0.2) is 4.39 Å². The summed E-state index contributed by atoms with van der Waals surface area (Å²) in [4.78, 5) is 0. The lowest BCUT2D eigenvalue weighted by Gasteiger charge is -2.29. The standard InChI is InChI=1S/C16H24FN/c1-2-3-13-6-10-16(11-7-13)18-12-14-4-8-15(17)9-5-14/h4-5,8-9,13,16,18H,2-3,6-7,10-12H2,1H3. The van der Waals surface area contributed by atoms with Gasteiger partial charge >= 0.3 is 0 Å². The lowest BCUT2D eigenvalue weighted by atomic mass is 9.83. The Kier molecular flexibility index (Phi) is 5.18. The summed E-state index contributed by atoms with van der Waals surface area (Å²) in [6, 6.07) is 7.46. The lowest BCUT2D eigenvalue weighted by Crippen LogP contribution is -2.32. The van der Waals surface area contributed by atoms with E-state index in [-0.39, 0.29) is 5.82 Å². The summed E-state index contributed by atoms with van der Waals surface area (Å²) in [5.41, 5.74) is 1.17. The van der Waals surface area contributed by atoms with Gasteiger partial charge in [0.05, 0.1) is 0 Å². The second kappa shape index (κ2) is 6.89. The molecule has 0 radical (unpaired) electrons. The molecule has 1 saturated carbocycles. The minimum atomic E-state index is -0.154. The molecule has 0 spiro atoms. The van der Waals surface area contributed by atoms with Crippen molar-refractivity contribution in [2.75, 3.05) is 0 Å². The van der Waals surface area contributed by atoms with Crippen molar-refractivity contribution in [1.29, 1.82) is 0 Å². The van der Waals surface area contributed by atoms with E-state index in [0.29, 0.717) is 6.04 Å². The third-order valence-corrected chi connectivity index (χ3v) is 4.05. The molecule has 1 N–H and O–H groups in total. The molecule has 0 heterocycles. The maximum atomic E-state index is 12.8. The number of halogens is 1. The summed E-state index contributed by atoms with van der Waals surface area (Å²) in [6.45, 7) is 3.14. The molecule has 0 amide bonds. The first-order valence-corrected chi connectivity index (χ1v) is 7.25. The maximum absolute atomic E-state index is 12.8. The smallest absolute Gasteiger partial charge is 0.123 e. The summed E-state index contributed by atoms with van der Waals surface area (Å²) >= 11 is 0. The summed E-state index contributed by atoms with van der Waals surface area (Å²) < 4.78 is 12.8. The Labute approximate surface area is 110 Å². The van der Waals surface area contributed by atoms with Gasteiger partial charge < -0.3 is 5.32 Å². The zero-order valence-electron chi connectivity index (χ0n) is 11.3. The average Bonchev–Trinajstić information content (AvgIpc) is 2.40. The molecule has 0 aromatic heterocycles. The van der Waals surface area contributed by atoms with Crippen LogP contribution in [0.2, 0.25) is 0 Å². The molecule has 0 saturated heterocycles. The van der Waals surface area contributed by atoms with E-state index in [1.807, 2.05) is 12.1 Å². The first kappa shape index (κ1) is 13.5. The van der Waals surface area contributed by atoms with Crippen LogP contribution in [0.4, 0.5) is 4.39 Å². The van der Waals surface area contributed by atoms with Gasteiger partial charge in [0, 0.05) is 12.6 Å². The normalized spacial score (nSPS) is 24.1. The van der Waals surface area contributed by atoms with Gasteiger partial charge in [-0.15, -0.1) is 0 Å². The molecular formula is C16H24FN. The Morgan fingerprint density at radius 2 is 1.78 bits per heavy atom. The number of benzene rings is 1. The van der Waals surface area contributed by atoms with E-state index in [4.69, 9.17) is 0 Å². The predicted molar refractivity (Wildman–Crippen MR) is 73.9 cm³/mol. The molecule has 0 aliphatic heterocycles. The molecule has 1 nitrogen and oxygen atoms in total. The first-order chi connectivity index (χ1) is 8.78. The fraction of sp³-hybridized carbons (Fsp3) is 0.625. The largest absolute Gasteiger partial charge is 0.310 e. The Morgan fingerprint density at radius 3 is 2.39 bits per heavy atom. The molecule has 2 heteroatoms. The average molecular weight is 249 g/mol. The van der Waals surface area contributed by atoms with Crippen LogP contribution < -0.4 is 5.32 Å². The van der Waals surface area contributed by atoms with Crippen molar-refractivity contribution in [2.45, 2.75) is 58.0 Å². The van der Waals surface area contributed by atoms with Crippen LogP contribution in [-0.4, -0.2) is 6.04 Å². The molecule has 1 aliphatic carbocycles. The van der Waals surface area contributed by atoms with E-state index in [9.17, 15) is 4.39 Å². The van der Waals surface area contributed by atoms with E-state index in [2.05, 4.69) is 12.2 Å². The highest BCUT2D eigenvalue weighted by atomic mass is 19.1. The predicted octanol–water partition coefficient (Wildman–Crippen LogP) is 4.27. The van der Waals surface area contributed by atoms with Crippen molar-refractivity contribution in [3.05, 3.63) is 35.6 Å². The fourth-order valence-corrected chi connectivity index (χ4v) is 2.93. The van der Waals surface area contributed by atoms with E-state index in [0.717, 1.165) is 12.5 Å². The molecule has 2 rings (SSSR count). The van der Waals surface area contributed by atoms with Crippen molar-refractivity contribution in [1.82, 2.24) is 5.32 Å². The van der Waals surface area contributed by atoms with Gasteiger partial charge in [0.15, 0.2) is 0 Å². The number of hydrogen-bond acceptors (Lipinski definition) is 1. The van der Waals surface area contributed by atoms with Crippen LogP contribution in [-0.2, 0) is 6.54 Å². The van der Waals surface area contributed by atoms with Crippen LogP contribution in [0.5, 0.6) is 0 Å². The molecular weight excluding hydrogens is 225 g/mol. The van der Waals surface area contributed by atoms with Gasteiger partial charge in [-0.05, 0) is 49.3 Å². The minimum absolute atomic E-state index is 0.154. The highest BCUT2D eigenvalue weighted by molar-refractivity contribution is 5.15. The quantitative estimate of drug-likeness (QED) is 0.821. The van der Waals surface area contributed by atoms with Crippen LogP contribution >= 0.6 is 0 Å². The third-order valence-electron chi connectivity index (χ3n) is 4.05. The Bertz CT molecular complexity index is 339. The van der Waals surface area contributed by atoms with Crippen molar-refractivity contribution >= 4 is 0 Å². The van der Waals surface area contributed by atoms with E-state index in [1.54, 1.807) is 0 Å². The van der Waals surface area contributed by atoms with E-state index in [1.165, 1.54) is 56.2 Å². The highest BCUT2D eigenvalue weighted by Crippen LogP contribution is 2.27. The Hall–Kier alpha value is -0.890. The number of nitrogens with one attached hydrogen (secondary N) is 1. The Balaban J connectivity index is 1.70. The van der Waals surface area contributed by atoms with Gasteiger partial charge in [-0.3, -0.25) is 0 Å². The topological polar surface area (TPSA) is 12.0 Å². The van der Waals surface area contributed by atoms with Crippen LogP contribution in [0.25, 0.3) is 0 Å². The zero-order chi connectivity index (χ0) is 12.8.